The Morgan fingerprint density at radius 2 is 1.44 bits per heavy atom. The summed E-state index contributed by atoms with van der Waals surface area (Å²) in [4.78, 5) is 16.1. The van der Waals surface area contributed by atoms with Gasteiger partial charge in [0.05, 0.1) is 16.8 Å². The molecule has 128 valence electrons. The maximum atomic E-state index is 11.5. The van der Waals surface area contributed by atoms with Crippen LogP contribution in [0.25, 0.3) is 33.7 Å². The summed E-state index contributed by atoms with van der Waals surface area (Å²) in [5.41, 5.74) is 5.35. The molecule has 0 amide bonds. The van der Waals surface area contributed by atoms with Crippen molar-refractivity contribution in [3.8, 4) is 11.1 Å². The molecule has 0 aliphatic carbocycles. The zero-order chi connectivity index (χ0) is 18.5. The van der Waals surface area contributed by atoms with Gasteiger partial charge in [0.15, 0.2) is 0 Å². The van der Waals surface area contributed by atoms with Crippen molar-refractivity contribution in [3.63, 3.8) is 0 Å². The van der Waals surface area contributed by atoms with Crippen LogP contribution in [0.5, 0.6) is 0 Å². The van der Waals surface area contributed by atoms with Gasteiger partial charge in [0, 0.05) is 5.39 Å². The Morgan fingerprint density at radius 1 is 0.741 bits per heavy atom. The van der Waals surface area contributed by atoms with Crippen LogP contribution in [0.1, 0.15) is 11.3 Å². The fraction of sp³-hybridized carbons (Fsp3) is 0. The van der Waals surface area contributed by atoms with E-state index in [-0.39, 0.29) is 0 Å². The summed E-state index contributed by atoms with van der Waals surface area (Å²) in [6.45, 7) is 0. The molecule has 0 radical (unpaired) electrons. The first kappa shape index (κ1) is 16.7. The zero-order valence-corrected chi connectivity index (χ0v) is 14.7. The van der Waals surface area contributed by atoms with E-state index < -0.39 is 0 Å². The first-order valence-electron chi connectivity index (χ1n) is 8.78. The molecule has 0 fully saturated rings. The number of hydrogen-bond donors (Lipinski definition) is 0. The molecule has 0 saturated carbocycles. The number of carbonyl (C=O) groups excluding carboxylic acids is 1. The van der Waals surface area contributed by atoms with Gasteiger partial charge in [-0.1, -0.05) is 78.9 Å². The smallest absolute Gasteiger partial charge is 0.133 e. The lowest BCUT2D eigenvalue weighted by atomic mass is 10.0. The third-order valence-electron chi connectivity index (χ3n) is 4.45. The topological polar surface area (TPSA) is 30.0 Å². The second-order valence-corrected chi connectivity index (χ2v) is 6.22. The average molecular weight is 347 g/mol. The number of hydrogen-bond acceptors (Lipinski definition) is 2. The third kappa shape index (κ3) is 3.77. The quantitative estimate of drug-likeness (QED) is 0.343. The number of benzene rings is 3. The number of para-hydroxylation sites is 1. The molecule has 2 nitrogen and oxygen atoms in total. The summed E-state index contributed by atoms with van der Waals surface area (Å²) in [5.74, 6) is 2.04. The largest absolute Gasteiger partial charge is 0.248 e. The Bertz CT molecular complexity index is 1150. The molecule has 1 aromatic heterocycles. The molecule has 0 unspecified atom stereocenters. The maximum Gasteiger partial charge on any atom is 0.133 e. The molecule has 0 aliphatic rings. The van der Waals surface area contributed by atoms with Crippen LogP contribution < -0.4 is 0 Å². The van der Waals surface area contributed by atoms with Gasteiger partial charge in [-0.05, 0) is 41.0 Å². The van der Waals surface area contributed by atoms with Gasteiger partial charge < -0.3 is 0 Å². The molecule has 1 heterocycles. The van der Waals surface area contributed by atoms with Gasteiger partial charge in [-0.3, -0.25) is 0 Å². The molecular formula is C25H17NO. The van der Waals surface area contributed by atoms with Crippen LogP contribution in [0.4, 0.5) is 0 Å². The summed E-state index contributed by atoms with van der Waals surface area (Å²) < 4.78 is 0. The molecule has 2 heteroatoms. The summed E-state index contributed by atoms with van der Waals surface area (Å²) in [6.07, 6.45) is 3.61. The lowest BCUT2D eigenvalue weighted by Crippen LogP contribution is -1.85. The van der Waals surface area contributed by atoms with E-state index in [1.54, 1.807) is 6.08 Å². The van der Waals surface area contributed by atoms with Gasteiger partial charge >= 0.3 is 0 Å². The number of fused-ring (bicyclic) bond motifs is 1. The first-order chi connectivity index (χ1) is 13.3. The minimum absolute atomic E-state index is 0.504. The van der Waals surface area contributed by atoms with Gasteiger partial charge in [-0.15, -0.1) is 0 Å². The molecule has 0 atom stereocenters. The Kier molecular flexibility index (Phi) is 4.74. The van der Waals surface area contributed by atoms with Gasteiger partial charge in [-0.2, -0.15) is 0 Å². The number of allylic oxidation sites excluding steroid dienone is 2. The number of aromatic nitrogens is 1. The summed E-state index contributed by atoms with van der Waals surface area (Å²) in [6, 6.07) is 30.0. The van der Waals surface area contributed by atoms with Crippen LogP contribution >= 0.6 is 0 Å². The highest BCUT2D eigenvalue weighted by Gasteiger charge is 2.02. The summed E-state index contributed by atoms with van der Waals surface area (Å²) in [7, 11) is 0. The van der Waals surface area contributed by atoms with Gasteiger partial charge in [0.25, 0.3) is 0 Å². The minimum Gasteiger partial charge on any atom is -0.248 e. The van der Waals surface area contributed by atoms with Crippen molar-refractivity contribution in [2.75, 3.05) is 0 Å². The lowest BCUT2D eigenvalue weighted by molar-refractivity contribution is 0.569. The molecule has 3 aromatic carbocycles. The average Bonchev–Trinajstić information content (AvgIpc) is 2.75. The molecule has 4 rings (SSSR count). The van der Waals surface area contributed by atoms with Crippen molar-refractivity contribution >= 4 is 28.5 Å². The van der Waals surface area contributed by atoms with Gasteiger partial charge in [0.1, 0.15) is 5.94 Å². The molecule has 0 saturated heterocycles. The Balaban J connectivity index is 1.58. The predicted molar refractivity (Wildman–Crippen MR) is 112 cm³/mol. The van der Waals surface area contributed by atoms with Gasteiger partial charge in [0.2, 0.25) is 0 Å². The van der Waals surface area contributed by atoms with Crippen LogP contribution in [0.3, 0.4) is 0 Å². The van der Waals surface area contributed by atoms with Crippen molar-refractivity contribution in [3.05, 3.63) is 108 Å². The van der Waals surface area contributed by atoms with Gasteiger partial charge in [-0.25, -0.2) is 9.78 Å². The predicted octanol–water partition coefficient (Wildman–Crippen LogP) is 5.83. The van der Waals surface area contributed by atoms with E-state index in [4.69, 9.17) is 0 Å². The van der Waals surface area contributed by atoms with Crippen molar-refractivity contribution < 1.29 is 4.79 Å². The van der Waals surface area contributed by atoms with Crippen LogP contribution in [0, 0.1) is 0 Å². The van der Waals surface area contributed by atoms with Crippen LogP contribution in [0.15, 0.2) is 97.1 Å². The lowest BCUT2D eigenvalue weighted by Gasteiger charge is -2.04. The summed E-state index contributed by atoms with van der Waals surface area (Å²) >= 11 is 0. The van der Waals surface area contributed by atoms with Crippen LogP contribution in [-0.2, 0) is 4.79 Å². The monoisotopic (exact) mass is 347 g/mol. The number of pyridine rings is 1. The summed E-state index contributed by atoms with van der Waals surface area (Å²) in [5, 5.41) is 1.09. The maximum absolute atomic E-state index is 11.5. The zero-order valence-electron chi connectivity index (χ0n) is 14.7. The molecular weight excluding hydrogens is 330 g/mol. The Labute approximate surface area is 158 Å². The molecule has 4 aromatic rings. The normalized spacial score (nSPS) is 10.8. The van der Waals surface area contributed by atoms with Crippen molar-refractivity contribution in [2.24, 2.45) is 0 Å². The second kappa shape index (κ2) is 7.65. The second-order valence-electron chi connectivity index (χ2n) is 6.22. The highest BCUT2D eigenvalue weighted by Crippen LogP contribution is 2.22. The molecule has 0 bridgehead atoms. The molecule has 27 heavy (non-hydrogen) atoms. The molecule has 0 N–H and O–H groups in total. The standard InChI is InChI=1S/C25H17NO/c27-18-23(15-17-24-16-14-22-8-4-5-9-25(22)26-24)21-12-10-20(11-13-21)19-6-2-1-3-7-19/h1-17H/b17-15+. The van der Waals surface area contributed by atoms with E-state index in [9.17, 15) is 4.79 Å². The van der Waals surface area contributed by atoms with Crippen molar-refractivity contribution in [1.82, 2.24) is 4.98 Å². The SMILES string of the molecule is O=C=C(/C=C/c1ccc2ccccc2n1)c1ccc(-c2ccccc2)cc1. The third-order valence-corrected chi connectivity index (χ3v) is 4.45. The van der Waals surface area contributed by atoms with Crippen LogP contribution in [-0.4, -0.2) is 10.9 Å². The highest BCUT2D eigenvalue weighted by atomic mass is 16.1. The van der Waals surface area contributed by atoms with Crippen molar-refractivity contribution in [2.45, 2.75) is 0 Å². The molecule has 0 aliphatic heterocycles. The van der Waals surface area contributed by atoms with E-state index in [1.165, 1.54) is 0 Å². The van der Waals surface area contributed by atoms with E-state index >= 15 is 0 Å². The Morgan fingerprint density at radius 3 is 2.22 bits per heavy atom. The number of nitrogens with zero attached hydrogens (tertiary/aromatic N) is 1. The molecule has 0 spiro atoms. The van der Waals surface area contributed by atoms with Crippen LogP contribution in [0.2, 0.25) is 0 Å². The van der Waals surface area contributed by atoms with E-state index in [0.29, 0.717) is 5.57 Å². The minimum atomic E-state index is 0.504. The van der Waals surface area contributed by atoms with E-state index in [1.807, 2.05) is 90.9 Å². The number of rotatable bonds is 4. The van der Waals surface area contributed by atoms with Crippen molar-refractivity contribution in [1.29, 1.82) is 0 Å². The first-order valence-corrected chi connectivity index (χ1v) is 8.78. The van der Waals surface area contributed by atoms with E-state index in [2.05, 4.69) is 17.1 Å². The Hall–Kier alpha value is -3.74. The van der Waals surface area contributed by atoms with E-state index in [0.717, 1.165) is 33.3 Å². The fourth-order valence-corrected chi connectivity index (χ4v) is 3.01. The highest BCUT2D eigenvalue weighted by molar-refractivity contribution is 5.95. The fourth-order valence-electron chi connectivity index (χ4n) is 3.01.